The molecule has 1 atom stereocenters. The first-order valence-electron chi connectivity index (χ1n) is 6.10. The monoisotopic (exact) mass is 317 g/mol. The zero-order valence-electron chi connectivity index (χ0n) is 10.2. The Bertz CT molecular complexity index is 644. The number of ketones is 1. The van der Waals surface area contributed by atoms with E-state index in [1.807, 2.05) is 11.4 Å². The van der Waals surface area contributed by atoms with Gasteiger partial charge in [0, 0.05) is 17.0 Å². The van der Waals surface area contributed by atoms with Crippen LogP contribution in [0.3, 0.4) is 0 Å². The molecule has 0 saturated carbocycles. The Morgan fingerprint density at radius 2 is 2.20 bits per heavy atom. The molecule has 0 aromatic carbocycles. The van der Waals surface area contributed by atoms with E-state index in [1.54, 1.807) is 11.3 Å². The number of thiazole rings is 1. The number of carbonyl (C=O) groups excluding carboxylic acids is 1. The number of alkyl halides is 3. The lowest BCUT2D eigenvalue weighted by molar-refractivity contribution is -0.137. The summed E-state index contributed by atoms with van der Waals surface area (Å²) in [6.07, 6.45) is -0.885. The Hall–Kier alpha value is -1.21. The number of rotatable bonds is 2. The molecule has 0 aliphatic heterocycles. The molecule has 7 heteroatoms. The number of aryl methyl sites for hydroxylation is 1. The first kappa shape index (κ1) is 13.8. The van der Waals surface area contributed by atoms with Crippen LogP contribution in [-0.4, -0.2) is 10.8 Å². The van der Waals surface area contributed by atoms with E-state index in [9.17, 15) is 18.0 Å². The molecule has 2 heterocycles. The van der Waals surface area contributed by atoms with Gasteiger partial charge < -0.3 is 0 Å². The summed E-state index contributed by atoms with van der Waals surface area (Å²) in [5, 5.41) is 0.978. The van der Waals surface area contributed by atoms with Crippen LogP contribution in [0.15, 0.2) is 17.6 Å². The average Bonchev–Trinajstić information content (AvgIpc) is 3.05. The van der Waals surface area contributed by atoms with Gasteiger partial charge in [0.2, 0.25) is 0 Å². The molecule has 0 amide bonds. The van der Waals surface area contributed by atoms with Crippen molar-refractivity contribution in [3.8, 4) is 0 Å². The van der Waals surface area contributed by atoms with Crippen LogP contribution in [0.2, 0.25) is 0 Å². The normalized spacial score (nSPS) is 18.9. The van der Waals surface area contributed by atoms with Gasteiger partial charge in [-0.3, -0.25) is 4.79 Å². The van der Waals surface area contributed by atoms with Crippen molar-refractivity contribution in [3.63, 3.8) is 0 Å². The van der Waals surface area contributed by atoms with E-state index in [0.717, 1.165) is 24.6 Å². The largest absolute Gasteiger partial charge is 0.443 e. The second-order valence-electron chi connectivity index (χ2n) is 4.64. The van der Waals surface area contributed by atoms with Gasteiger partial charge in [-0.1, -0.05) is 0 Å². The number of fused-ring (bicyclic) bond motifs is 1. The molecule has 2 aromatic rings. The van der Waals surface area contributed by atoms with Crippen molar-refractivity contribution in [2.75, 3.05) is 0 Å². The van der Waals surface area contributed by atoms with Crippen LogP contribution >= 0.6 is 22.7 Å². The number of hydrogen-bond donors (Lipinski definition) is 0. The molecule has 0 fully saturated rings. The fourth-order valence-corrected chi connectivity index (χ4v) is 4.21. The summed E-state index contributed by atoms with van der Waals surface area (Å²) in [7, 11) is 0. The molecule has 0 radical (unpaired) electrons. The topological polar surface area (TPSA) is 30.0 Å². The summed E-state index contributed by atoms with van der Waals surface area (Å²) in [4.78, 5) is 17.0. The van der Waals surface area contributed by atoms with Gasteiger partial charge in [-0.25, -0.2) is 4.98 Å². The molecule has 0 saturated heterocycles. The van der Waals surface area contributed by atoms with Crippen LogP contribution in [0, 0.1) is 0 Å². The van der Waals surface area contributed by atoms with Crippen LogP contribution in [0.4, 0.5) is 13.2 Å². The van der Waals surface area contributed by atoms with Crippen LogP contribution in [0.5, 0.6) is 0 Å². The molecule has 0 spiro atoms. The molecule has 0 bridgehead atoms. The van der Waals surface area contributed by atoms with Crippen LogP contribution in [-0.2, 0) is 12.6 Å². The molecule has 2 nitrogen and oxygen atoms in total. The van der Waals surface area contributed by atoms with E-state index < -0.39 is 11.2 Å². The maximum atomic E-state index is 12.5. The van der Waals surface area contributed by atoms with Gasteiger partial charge in [-0.05, 0) is 36.3 Å². The van der Waals surface area contributed by atoms with Gasteiger partial charge in [0.05, 0.1) is 4.88 Å². The molecular formula is C13H10F3NOS2. The molecule has 0 N–H and O–H groups in total. The number of nitrogens with zero attached hydrogens (tertiary/aromatic N) is 1. The Labute approximate surface area is 121 Å². The van der Waals surface area contributed by atoms with Gasteiger partial charge >= 0.3 is 6.18 Å². The fourth-order valence-electron chi connectivity index (χ4n) is 2.45. The molecule has 1 unspecified atom stereocenters. The summed E-state index contributed by atoms with van der Waals surface area (Å²) in [5.41, 5.74) is 0.980. The quantitative estimate of drug-likeness (QED) is 0.762. The molecule has 1 aliphatic carbocycles. The Morgan fingerprint density at radius 1 is 1.40 bits per heavy atom. The van der Waals surface area contributed by atoms with Gasteiger partial charge in [0.15, 0.2) is 10.8 Å². The predicted molar refractivity (Wildman–Crippen MR) is 71.4 cm³/mol. The van der Waals surface area contributed by atoms with E-state index >= 15 is 0 Å². The highest BCUT2D eigenvalue weighted by molar-refractivity contribution is 7.13. The van der Waals surface area contributed by atoms with E-state index in [-0.39, 0.29) is 16.6 Å². The zero-order chi connectivity index (χ0) is 14.3. The lowest BCUT2D eigenvalue weighted by atomic mass is 9.84. The maximum Gasteiger partial charge on any atom is 0.443 e. The number of Topliss-reactive ketones (excluding diaryl/α,β-unsaturated/α-hetero) is 1. The highest BCUT2D eigenvalue weighted by Crippen LogP contribution is 2.39. The van der Waals surface area contributed by atoms with Crippen molar-refractivity contribution in [2.24, 2.45) is 0 Å². The van der Waals surface area contributed by atoms with Crippen molar-refractivity contribution in [1.29, 1.82) is 0 Å². The second-order valence-corrected chi connectivity index (χ2v) is 6.67. The Balaban J connectivity index is 1.89. The number of carbonyl (C=O) groups is 1. The minimum absolute atomic E-state index is 0.0985. The van der Waals surface area contributed by atoms with E-state index in [0.29, 0.717) is 17.8 Å². The third-order valence-electron chi connectivity index (χ3n) is 3.36. The van der Waals surface area contributed by atoms with Crippen molar-refractivity contribution in [3.05, 3.63) is 38.0 Å². The highest BCUT2D eigenvalue weighted by atomic mass is 32.1. The minimum Gasteiger partial charge on any atom is -0.293 e. The molecule has 106 valence electrons. The number of hydrogen-bond acceptors (Lipinski definition) is 4. The van der Waals surface area contributed by atoms with Crippen LogP contribution < -0.4 is 0 Å². The maximum absolute atomic E-state index is 12.5. The summed E-state index contributed by atoms with van der Waals surface area (Å²) >= 11 is 2.04. The molecular weight excluding hydrogens is 307 g/mol. The smallest absolute Gasteiger partial charge is 0.293 e. The molecule has 20 heavy (non-hydrogen) atoms. The molecule has 1 aliphatic rings. The number of aromatic nitrogens is 1. The van der Waals surface area contributed by atoms with Gasteiger partial charge in [0.25, 0.3) is 0 Å². The van der Waals surface area contributed by atoms with Crippen molar-refractivity contribution in [2.45, 2.75) is 31.4 Å². The van der Waals surface area contributed by atoms with Crippen molar-refractivity contribution >= 4 is 28.5 Å². The van der Waals surface area contributed by atoms with Crippen LogP contribution in [0.25, 0.3) is 0 Å². The zero-order valence-corrected chi connectivity index (χ0v) is 11.9. The lowest BCUT2D eigenvalue weighted by Gasteiger charge is -2.20. The first-order chi connectivity index (χ1) is 9.47. The summed E-state index contributed by atoms with van der Waals surface area (Å²) in [6, 6.07) is 1.91. The highest BCUT2D eigenvalue weighted by Gasteiger charge is 2.36. The summed E-state index contributed by atoms with van der Waals surface area (Å²) < 4.78 is 37.6. The van der Waals surface area contributed by atoms with Crippen molar-refractivity contribution in [1.82, 2.24) is 4.98 Å². The summed E-state index contributed by atoms with van der Waals surface area (Å²) in [6.45, 7) is 0. The number of halogens is 3. The van der Waals surface area contributed by atoms with Crippen molar-refractivity contribution < 1.29 is 18.0 Å². The van der Waals surface area contributed by atoms with Gasteiger partial charge in [-0.15, -0.1) is 22.7 Å². The van der Waals surface area contributed by atoms with E-state index in [1.165, 1.54) is 4.88 Å². The molecule has 3 rings (SSSR count). The molecule has 2 aromatic heterocycles. The van der Waals surface area contributed by atoms with Gasteiger partial charge in [-0.2, -0.15) is 13.2 Å². The first-order valence-corrected chi connectivity index (χ1v) is 7.80. The fraction of sp³-hybridized carbons (Fsp3) is 0.385. The Kier molecular flexibility index (Phi) is 3.41. The summed E-state index contributed by atoms with van der Waals surface area (Å²) in [5.74, 6) is -0.552. The predicted octanol–water partition coefficient (Wildman–Crippen LogP) is 4.53. The third-order valence-corrected chi connectivity index (χ3v) is 5.41. The lowest BCUT2D eigenvalue weighted by Crippen LogP contribution is -2.16. The SMILES string of the molecule is O=C(c1cnc(C(F)(F)F)s1)C1CCCc2sccc21. The minimum atomic E-state index is -4.48. The van der Waals surface area contributed by atoms with Crippen LogP contribution in [0.1, 0.15) is 43.9 Å². The van der Waals surface area contributed by atoms with E-state index in [2.05, 4.69) is 4.98 Å². The van der Waals surface area contributed by atoms with Gasteiger partial charge in [0.1, 0.15) is 0 Å². The number of thiophene rings is 1. The second kappa shape index (κ2) is 4.96. The third kappa shape index (κ3) is 2.40. The standard InChI is InChI=1S/C13H10F3NOS2/c14-13(15,16)12-17-6-10(20-12)11(18)8-2-1-3-9-7(8)4-5-19-9/h4-6,8H,1-3H2. The van der Waals surface area contributed by atoms with E-state index in [4.69, 9.17) is 0 Å². The average molecular weight is 317 g/mol. The Morgan fingerprint density at radius 3 is 2.90 bits per heavy atom.